The molecule has 4 rings (SSSR count). The zero-order chi connectivity index (χ0) is 22.7. The number of rotatable bonds is 8. The summed E-state index contributed by atoms with van der Waals surface area (Å²) in [5, 5.41) is 0.655. The number of benzene rings is 2. The van der Waals surface area contributed by atoms with E-state index in [9.17, 15) is 4.79 Å². The van der Waals surface area contributed by atoms with Crippen LogP contribution in [0.2, 0.25) is 0 Å². The lowest BCUT2D eigenvalue weighted by molar-refractivity contribution is 0.0917. The molecule has 2 aromatic carbocycles. The molecule has 1 atom stereocenters. The summed E-state index contributed by atoms with van der Waals surface area (Å²) in [6.07, 6.45) is 2.85. The van der Waals surface area contributed by atoms with Crippen molar-refractivity contribution in [3.63, 3.8) is 0 Å². The predicted octanol–water partition coefficient (Wildman–Crippen LogP) is 4.71. The van der Waals surface area contributed by atoms with Gasteiger partial charge in [-0.2, -0.15) is 0 Å². The average molecular weight is 457 g/mol. The first kappa shape index (κ1) is 22.4. The number of amides is 1. The van der Waals surface area contributed by atoms with E-state index in [1.165, 1.54) is 38.2 Å². The van der Waals surface area contributed by atoms with Crippen LogP contribution in [0.5, 0.6) is 17.2 Å². The highest BCUT2D eigenvalue weighted by Crippen LogP contribution is 2.39. The van der Waals surface area contributed by atoms with Gasteiger partial charge in [0.05, 0.1) is 44.2 Å². The normalized spacial score (nSPS) is 15.7. The molecule has 3 aromatic rings. The van der Waals surface area contributed by atoms with Crippen molar-refractivity contribution in [1.29, 1.82) is 0 Å². The van der Waals surface area contributed by atoms with E-state index < -0.39 is 0 Å². The maximum Gasteiger partial charge on any atom is 0.260 e. The Kier molecular flexibility index (Phi) is 6.81. The van der Waals surface area contributed by atoms with Crippen molar-refractivity contribution in [2.75, 3.05) is 39.4 Å². The first-order chi connectivity index (χ1) is 15.6. The number of methoxy groups -OCH3 is 3. The monoisotopic (exact) mass is 456 g/mol. The number of carbonyl (C=O) groups is 1. The smallest absolute Gasteiger partial charge is 0.260 e. The number of thiazole rings is 1. The van der Waals surface area contributed by atoms with Gasteiger partial charge in [-0.05, 0) is 49.1 Å². The van der Waals surface area contributed by atoms with E-state index >= 15 is 0 Å². The molecule has 1 aromatic heterocycles. The van der Waals surface area contributed by atoms with Crippen molar-refractivity contribution in [2.24, 2.45) is 0 Å². The van der Waals surface area contributed by atoms with Crippen LogP contribution in [0.25, 0.3) is 10.2 Å². The van der Waals surface area contributed by atoms with Crippen molar-refractivity contribution in [1.82, 2.24) is 4.98 Å². The van der Waals surface area contributed by atoms with E-state index in [0.29, 0.717) is 34.5 Å². The van der Waals surface area contributed by atoms with Gasteiger partial charge in [0.25, 0.3) is 5.91 Å². The second kappa shape index (κ2) is 9.75. The molecule has 1 unspecified atom stereocenters. The van der Waals surface area contributed by atoms with E-state index in [2.05, 4.69) is 19.1 Å². The second-order valence-electron chi connectivity index (χ2n) is 7.62. The fourth-order valence-electron chi connectivity index (χ4n) is 3.89. The van der Waals surface area contributed by atoms with Crippen LogP contribution in [0.4, 0.5) is 5.13 Å². The Morgan fingerprint density at radius 3 is 2.50 bits per heavy atom. The molecule has 8 heteroatoms. The van der Waals surface area contributed by atoms with Crippen LogP contribution in [-0.2, 0) is 11.2 Å². The molecule has 0 bridgehead atoms. The van der Waals surface area contributed by atoms with E-state index in [1.807, 2.05) is 6.07 Å². The van der Waals surface area contributed by atoms with Gasteiger partial charge in [-0.15, -0.1) is 0 Å². The molecule has 0 N–H and O–H groups in total. The van der Waals surface area contributed by atoms with Gasteiger partial charge in [0, 0.05) is 12.2 Å². The van der Waals surface area contributed by atoms with Crippen molar-refractivity contribution in [3.8, 4) is 17.2 Å². The van der Waals surface area contributed by atoms with Crippen LogP contribution in [0.1, 0.15) is 35.7 Å². The number of ether oxygens (including phenoxy) is 4. The van der Waals surface area contributed by atoms with Gasteiger partial charge in [0.2, 0.25) is 5.75 Å². The predicted molar refractivity (Wildman–Crippen MR) is 126 cm³/mol. The van der Waals surface area contributed by atoms with Gasteiger partial charge >= 0.3 is 0 Å². The Hall–Kier alpha value is -2.84. The molecule has 0 aliphatic carbocycles. The van der Waals surface area contributed by atoms with Gasteiger partial charge < -0.3 is 18.9 Å². The third-order valence-corrected chi connectivity index (χ3v) is 6.69. The molecule has 32 heavy (non-hydrogen) atoms. The molecule has 2 heterocycles. The number of carbonyl (C=O) groups excluding carboxylic acids is 1. The Labute approximate surface area is 191 Å². The van der Waals surface area contributed by atoms with Crippen LogP contribution >= 0.6 is 11.3 Å². The van der Waals surface area contributed by atoms with Gasteiger partial charge in [-0.25, -0.2) is 4.98 Å². The quantitative estimate of drug-likeness (QED) is 0.489. The molecule has 1 aliphatic heterocycles. The molecule has 7 nitrogen and oxygen atoms in total. The summed E-state index contributed by atoms with van der Waals surface area (Å²) in [7, 11) is 4.61. The zero-order valence-corrected chi connectivity index (χ0v) is 19.7. The number of aryl methyl sites for hydroxylation is 1. The molecule has 0 radical (unpaired) electrons. The van der Waals surface area contributed by atoms with Gasteiger partial charge in [0.15, 0.2) is 16.6 Å². The summed E-state index contributed by atoms with van der Waals surface area (Å²) in [6.45, 7) is 3.29. The molecule has 0 spiro atoms. The zero-order valence-electron chi connectivity index (χ0n) is 18.8. The Morgan fingerprint density at radius 2 is 1.91 bits per heavy atom. The molecule has 1 aliphatic rings. The van der Waals surface area contributed by atoms with Crippen molar-refractivity contribution in [3.05, 3.63) is 41.5 Å². The second-order valence-corrected chi connectivity index (χ2v) is 8.63. The largest absolute Gasteiger partial charge is 0.493 e. The molecule has 170 valence electrons. The number of hydrogen-bond acceptors (Lipinski definition) is 7. The molecule has 1 fully saturated rings. The lowest BCUT2D eigenvalue weighted by Crippen LogP contribution is -2.37. The molecule has 1 saturated heterocycles. The fourth-order valence-corrected chi connectivity index (χ4v) is 4.93. The lowest BCUT2D eigenvalue weighted by Gasteiger charge is -2.24. The van der Waals surface area contributed by atoms with Crippen molar-refractivity contribution < 1.29 is 23.7 Å². The highest BCUT2D eigenvalue weighted by atomic mass is 32.1. The summed E-state index contributed by atoms with van der Waals surface area (Å²) in [5.41, 5.74) is 2.57. The van der Waals surface area contributed by atoms with Crippen LogP contribution in [0.15, 0.2) is 30.3 Å². The maximum absolute atomic E-state index is 13.8. The Morgan fingerprint density at radius 1 is 1.16 bits per heavy atom. The summed E-state index contributed by atoms with van der Waals surface area (Å²) in [4.78, 5) is 20.2. The Bertz CT molecular complexity index is 1080. The molecular formula is C24H28N2O5S. The van der Waals surface area contributed by atoms with Crippen LogP contribution < -0.4 is 19.1 Å². The van der Waals surface area contributed by atoms with E-state index in [1.54, 1.807) is 17.0 Å². The third kappa shape index (κ3) is 4.38. The summed E-state index contributed by atoms with van der Waals surface area (Å²) < 4.78 is 23.2. The van der Waals surface area contributed by atoms with Crippen molar-refractivity contribution in [2.45, 2.75) is 32.3 Å². The van der Waals surface area contributed by atoms with Crippen LogP contribution in [-0.4, -0.2) is 51.5 Å². The molecular weight excluding hydrogens is 428 g/mol. The van der Waals surface area contributed by atoms with E-state index in [0.717, 1.165) is 36.1 Å². The number of anilines is 1. The summed E-state index contributed by atoms with van der Waals surface area (Å²) in [6, 6.07) is 9.59. The number of fused-ring (bicyclic) bond motifs is 1. The van der Waals surface area contributed by atoms with Gasteiger partial charge in [-0.1, -0.05) is 24.3 Å². The maximum atomic E-state index is 13.8. The first-order valence-corrected chi connectivity index (χ1v) is 11.5. The Balaban J connectivity index is 1.76. The SMILES string of the molecule is CCc1ccc2nc(N(CC3CCCO3)C(=O)c3cc(OC)c(OC)c(OC)c3)sc2c1. The van der Waals surface area contributed by atoms with Gasteiger partial charge in [0.1, 0.15) is 0 Å². The standard InChI is InChI=1S/C24H28N2O5S/c1-5-15-8-9-18-21(11-15)32-24(25-18)26(14-17-7-6-10-31-17)23(27)16-12-19(28-2)22(30-4)20(13-16)29-3/h8-9,11-13,17H,5-7,10,14H2,1-4H3. The fraction of sp³-hybridized carbons (Fsp3) is 0.417. The topological polar surface area (TPSA) is 70.1 Å². The number of hydrogen-bond donors (Lipinski definition) is 0. The molecule has 0 saturated carbocycles. The number of nitrogens with zero attached hydrogens (tertiary/aromatic N) is 2. The highest BCUT2D eigenvalue weighted by Gasteiger charge is 2.28. The van der Waals surface area contributed by atoms with E-state index in [4.69, 9.17) is 23.9 Å². The van der Waals surface area contributed by atoms with Crippen LogP contribution in [0, 0.1) is 0 Å². The summed E-state index contributed by atoms with van der Waals surface area (Å²) in [5.74, 6) is 1.13. The van der Waals surface area contributed by atoms with E-state index in [-0.39, 0.29) is 12.0 Å². The van der Waals surface area contributed by atoms with Crippen molar-refractivity contribution >= 4 is 32.6 Å². The average Bonchev–Trinajstić information content (AvgIpc) is 3.49. The minimum absolute atomic E-state index is 0.0146. The molecule has 1 amide bonds. The third-order valence-electron chi connectivity index (χ3n) is 5.65. The minimum atomic E-state index is -0.186. The highest BCUT2D eigenvalue weighted by molar-refractivity contribution is 7.22. The number of aromatic nitrogens is 1. The summed E-state index contributed by atoms with van der Waals surface area (Å²) >= 11 is 1.52. The minimum Gasteiger partial charge on any atom is -0.493 e. The first-order valence-electron chi connectivity index (χ1n) is 10.7. The lowest BCUT2D eigenvalue weighted by atomic mass is 10.1. The van der Waals surface area contributed by atoms with Gasteiger partial charge in [-0.3, -0.25) is 9.69 Å². The van der Waals surface area contributed by atoms with Crippen LogP contribution in [0.3, 0.4) is 0 Å².